The van der Waals surface area contributed by atoms with E-state index in [1.807, 2.05) is 9.80 Å². The topological polar surface area (TPSA) is 79.1 Å². The van der Waals surface area contributed by atoms with Gasteiger partial charge in [-0.15, -0.1) is 0 Å². The summed E-state index contributed by atoms with van der Waals surface area (Å²) in [6.45, 7) is 7.87. The highest BCUT2D eigenvalue weighted by Gasteiger charge is 2.35. The summed E-state index contributed by atoms with van der Waals surface area (Å²) in [4.78, 5) is 35.9. The number of ether oxygens (including phenoxy) is 1. The smallest absolute Gasteiger partial charge is 0.276 e. The van der Waals surface area contributed by atoms with Gasteiger partial charge in [0.25, 0.3) is 5.91 Å². The van der Waals surface area contributed by atoms with E-state index in [9.17, 15) is 9.59 Å². The first-order valence-electron chi connectivity index (χ1n) is 10.4. The molecule has 2 amide bonds. The van der Waals surface area contributed by atoms with E-state index in [2.05, 4.69) is 9.88 Å². The van der Waals surface area contributed by atoms with E-state index in [1.165, 1.54) is 6.39 Å². The van der Waals surface area contributed by atoms with Crippen LogP contribution in [0.4, 0.5) is 0 Å². The first-order valence-corrected chi connectivity index (χ1v) is 10.4. The molecule has 3 aliphatic rings. The highest BCUT2D eigenvalue weighted by molar-refractivity contribution is 5.93. The summed E-state index contributed by atoms with van der Waals surface area (Å²) in [5, 5.41) is 0. The summed E-state index contributed by atoms with van der Waals surface area (Å²) in [5.74, 6) is 0.933. The lowest BCUT2D eigenvalue weighted by Crippen LogP contribution is -2.53. The average molecular weight is 390 g/mol. The molecule has 4 heterocycles. The maximum atomic E-state index is 12.9. The van der Waals surface area contributed by atoms with Gasteiger partial charge in [0.2, 0.25) is 5.91 Å². The predicted molar refractivity (Wildman–Crippen MR) is 102 cm³/mol. The van der Waals surface area contributed by atoms with Crippen molar-refractivity contribution in [3.63, 3.8) is 0 Å². The predicted octanol–water partition coefficient (Wildman–Crippen LogP) is 1.16. The van der Waals surface area contributed by atoms with E-state index in [4.69, 9.17) is 9.15 Å². The molecule has 8 nitrogen and oxygen atoms in total. The summed E-state index contributed by atoms with van der Waals surface area (Å²) in [7, 11) is 0. The van der Waals surface area contributed by atoms with Gasteiger partial charge in [0.15, 0.2) is 12.1 Å². The van der Waals surface area contributed by atoms with Gasteiger partial charge < -0.3 is 19.0 Å². The van der Waals surface area contributed by atoms with E-state index < -0.39 is 0 Å². The number of likely N-dealkylation sites (tertiary alicyclic amines) is 2. The maximum Gasteiger partial charge on any atom is 0.276 e. The van der Waals surface area contributed by atoms with Crippen LogP contribution in [0.25, 0.3) is 0 Å². The molecule has 154 valence electrons. The number of oxazole rings is 1. The Hall–Kier alpha value is -1.93. The van der Waals surface area contributed by atoms with Crippen molar-refractivity contribution in [3.05, 3.63) is 17.8 Å². The number of piperidine rings is 2. The van der Waals surface area contributed by atoms with Gasteiger partial charge in [0.1, 0.15) is 5.76 Å². The molecule has 4 rings (SSSR count). The van der Waals surface area contributed by atoms with Crippen LogP contribution in [0.2, 0.25) is 0 Å². The van der Waals surface area contributed by atoms with Crippen LogP contribution in [0.1, 0.15) is 41.9 Å². The van der Waals surface area contributed by atoms with Gasteiger partial charge >= 0.3 is 0 Å². The molecule has 0 aromatic carbocycles. The zero-order valence-electron chi connectivity index (χ0n) is 16.6. The third kappa shape index (κ3) is 4.07. The number of morpholine rings is 1. The Morgan fingerprint density at radius 3 is 2.46 bits per heavy atom. The summed E-state index contributed by atoms with van der Waals surface area (Å²) < 4.78 is 10.5. The molecule has 28 heavy (non-hydrogen) atoms. The number of hydrogen-bond donors (Lipinski definition) is 0. The number of hydrogen-bond acceptors (Lipinski definition) is 6. The minimum Gasteiger partial charge on any atom is -0.448 e. The monoisotopic (exact) mass is 390 g/mol. The lowest BCUT2D eigenvalue weighted by atomic mass is 9.92. The molecular weight excluding hydrogens is 360 g/mol. The third-order valence-corrected chi connectivity index (χ3v) is 6.34. The van der Waals surface area contributed by atoms with E-state index >= 15 is 0 Å². The minimum absolute atomic E-state index is 0.0382. The zero-order chi connectivity index (χ0) is 19.5. The van der Waals surface area contributed by atoms with Gasteiger partial charge in [0.05, 0.1) is 19.1 Å². The Balaban J connectivity index is 1.30. The van der Waals surface area contributed by atoms with Gasteiger partial charge in [-0.1, -0.05) is 0 Å². The fraction of sp³-hybridized carbons (Fsp3) is 0.750. The number of rotatable bonds is 3. The Kier molecular flexibility index (Phi) is 5.96. The van der Waals surface area contributed by atoms with Gasteiger partial charge in [-0.05, 0) is 39.2 Å². The van der Waals surface area contributed by atoms with E-state index in [0.29, 0.717) is 36.6 Å². The number of carbonyl (C=O) groups is 2. The van der Waals surface area contributed by atoms with Crippen LogP contribution < -0.4 is 0 Å². The van der Waals surface area contributed by atoms with Crippen LogP contribution >= 0.6 is 0 Å². The van der Waals surface area contributed by atoms with Crippen LogP contribution in [-0.2, 0) is 9.53 Å². The lowest BCUT2D eigenvalue weighted by Gasteiger charge is -2.43. The highest BCUT2D eigenvalue weighted by Crippen LogP contribution is 2.26. The van der Waals surface area contributed by atoms with Crippen molar-refractivity contribution in [2.24, 2.45) is 5.92 Å². The minimum atomic E-state index is -0.0382. The Bertz CT molecular complexity index is 692. The molecule has 1 atom stereocenters. The van der Waals surface area contributed by atoms with Gasteiger partial charge in [-0.2, -0.15) is 0 Å². The maximum absolute atomic E-state index is 12.9. The lowest BCUT2D eigenvalue weighted by molar-refractivity contribution is -0.141. The van der Waals surface area contributed by atoms with Crippen molar-refractivity contribution in [2.75, 3.05) is 52.5 Å². The van der Waals surface area contributed by atoms with Crippen molar-refractivity contribution in [2.45, 2.75) is 38.6 Å². The third-order valence-electron chi connectivity index (χ3n) is 6.34. The molecule has 3 fully saturated rings. The Morgan fingerprint density at radius 2 is 1.79 bits per heavy atom. The van der Waals surface area contributed by atoms with Gasteiger partial charge in [-0.25, -0.2) is 4.98 Å². The van der Waals surface area contributed by atoms with E-state index in [0.717, 1.165) is 65.0 Å². The second-order valence-electron chi connectivity index (χ2n) is 8.05. The van der Waals surface area contributed by atoms with Gasteiger partial charge in [-0.3, -0.25) is 14.5 Å². The van der Waals surface area contributed by atoms with E-state index in [-0.39, 0.29) is 11.8 Å². The normalized spacial score (nSPS) is 25.1. The highest BCUT2D eigenvalue weighted by atomic mass is 16.5. The van der Waals surface area contributed by atoms with Crippen molar-refractivity contribution < 1.29 is 18.7 Å². The molecular formula is C20H30N4O4. The largest absolute Gasteiger partial charge is 0.448 e. The fourth-order valence-electron chi connectivity index (χ4n) is 4.68. The number of aromatic nitrogens is 1. The number of amides is 2. The quantitative estimate of drug-likeness (QED) is 0.771. The number of aryl methyl sites for hydroxylation is 1. The molecule has 0 radical (unpaired) electrons. The zero-order valence-corrected chi connectivity index (χ0v) is 16.6. The molecule has 1 aromatic rings. The second-order valence-corrected chi connectivity index (χ2v) is 8.05. The summed E-state index contributed by atoms with van der Waals surface area (Å²) in [6.07, 6.45) is 5.27. The number of carbonyl (C=O) groups excluding carboxylic acids is 2. The van der Waals surface area contributed by atoms with Crippen LogP contribution in [0, 0.1) is 12.8 Å². The van der Waals surface area contributed by atoms with E-state index in [1.54, 1.807) is 6.92 Å². The Morgan fingerprint density at radius 1 is 1.04 bits per heavy atom. The summed E-state index contributed by atoms with van der Waals surface area (Å²) in [5.41, 5.74) is 0.424. The van der Waals surface area contributed by atoms with Gasteiger partial charge in [0, 0.05) is 38.8 Å². The SMILES string of the molecule is Cc1ocnc1C(=O)N1CCC(N2CCC[C@@H](C(=O)N3CCOCC3)C2)CC1. The average Bonchev–Trinajstić information content (AvgIpc) is 3.19. The first-order chi connectivity index (χ1) is 13.6. The molecule has 0 spiro atoms. The first kappa shape index (κ1) is 19.4. The van der Waals surface area contributed by atoms with Crippen molar-refractivity contribution in [1.29, 1.82) is 0 Å². The summed E-state index contributed by atoms with van der Waals surface area (Å²) >= 11 is 0. The molecule has 0 unspecified atom stereocenters. The molecule has 1 aromatic heterocycles. The second kappa shape index (κ2) is 8.61. The summed E-state index contributed by atoms with van der Waals surface area (Å²) in [6, 6.07) is 0.447. The van der Waals surface area contributed by atoms with Crippen LogP contribution in [0.5, 0.6) is 0 Å². The number of nitrogens with zero attached hydrogens (tertiary/aromatic N) is 4. The van der Waals surface area contributed by atoms with Crippen LogP contribution in [0.15, 0.2) is 10.8 Å². The van der Waals surface area contributed by atoms with Crippen molar-refractivity contribution in [3.8, 4) is 0 Å². The Labute approximate surface area is 165 Å². The fourth-order valence-corrected chi connectivity index (χ4v) is 4.68. The van der Waals surface area contributed by atoms with Crippen LogP contribution in [-0.4, -0.2) is 90.0 Å². The molecule has 0 aliphatic carbocycles. The van der Waals surface area contributed by atoms with Crippen LogP contribution in [0.3, 0.4) is 0 Å². The van der Waals surface area contributed by atoms with Crippen molar-refractivity contribution >= 4 is 11.8 Å². The van der Waals surface area contributed by atoms with Crippen molar-refractivity contribution in [1.82, 2.24) is 19.7 Å². The molecule has 0 N–H and O–H groups in total. The molecule has 0 saturated carbocycles. The molecule has 3 aliphatic heterocycles. The standard InChI is InChI=1S/C20H30N4O4/c1-15-18(21-14-28-15)20(26)22-7-4-17(5-8-22)24-6-2-3-16(13-24)19(25)23-9-11-27-12-10-23/h14,16-17H,2-13H2,1H3/t16-/m1/s1. The molecule has 3 saturated heterocycles. The molecule has 0 bridgehead atoms. The molecule has 8 heteroatoms.